The Bertz CT molecular complexity index is 521. The number of benzene rings is 1. The molecule has 0 atom stereocenters. The fraction of sp³-hybridized carbons (Fsp3) is 0.154. The maximum atomic E-state index is 12.1. The van der Waals surface area contributed by atoms with Gasteiger partial charge in [-0.05, 0) is 31.5 Å². The van der Waals surface area contributed by atoms with Gasteiger partial charge in [-0.15, -0.1) is 0 Å². The second-order valence-electron chi connectivity index (χ2n) is 3.72. The highest BCUT2D eigenvalue weighted by atomic mass is 16.1. The van der Waals surface area contributed by atoms with Crippen LogP contribution >= 0.6 is 0 Å². The summed E-state index contributed by atoms with van der Waals surface area (Å²) in [6.07, 6.45) is 3.15. The van der Waals surface area contributed by atoms with Gasteiger partial charge in [0.2, 0.25) is 11.6 Å². The van der Waals surface area contributed by atoms with Crippen LogP contribution in [0, 0.1) is 13.8 Å². The van der Waals surface area contributed by atoms with Crippen molar-refractivity contribution in [3.63, 3.8) is 0 Å². The van der Waals surface area contributed by atoms with Crippen molar-refractivity contribution in [1.29, 1.82) is 0 Å². The van der Waals surface area contributed by atoms with E-state index in [2.05, 4.69) is 9.97 Å². The number of aromatic nitrogens is 2. The molecule has 0 radical (unpaired) electrons. The van der Waals surface area contributed by atoms with Crippen molar-refractivity contribution in [2.75, 3.05) is 0 Å². The van der Waals surface area contributed by atoms with E-state index in [1.54, 1.807) is 18.5 Å². The molecule has 0 spiro atoms. The molecule has 0 saturated heterocycles. The molecule has 0 unspecified atom stereocenters. The standard InChI is InChI=1S/C13H12N2O/c1-9-4-5-10(2)11(8-9)12(16)13-14-6-3-7-15-13/h3-8H,1-2H3. The van der Waals surface area contributed by atoms with Gasteiger partial charge in [0.05, 0.1) is 0 Å². The molecule has 3 heteroatoms. The zero-order chi connectivity index (χ0) is 11.5. The summed E-state index contributed by atoms with van der Waals surface area (Å²) in [5.74, 6) is 0.123. The number of hydrogen-bond donors (Lipinski definition) is 0. The van der Waals surface area contributed by atoms with Gasteiger partial charge in [-0.25, -0.2) is 9.97 Å². The predicted octanol–water partition coefficient (Wildman–Crippen LogP) is 2.32. The lowest BCUT2D eigenvalue weighted by atomic mass is 10.0. The van der Waals surface area contributed by atoms with Crippen molar-refractivity contribution < 1.29 is 4.79 Å². The topological polar surface area (TPSA) is 42.9 Å². The Morgan fingerprint density at radius 2 is 1.81 bits per heavy atom. The average molecular weight is 212 g/mol. The van der Waals surface area contributed by atoms with Gasteiger partial charge in [0.15, 0.2) is 0 Å². The van der Waals surface area contributed by atoms with Crippen LogP contribution in [-0.2, 0) is 0 Å². The lowest BCUT2D eigenvalue weighted by Crippen LogP contribution is -2.08. The Morgan fingerprint density at radius 3 is 2.50 bits per heavy atom. The van der Waals surface area contributed by atoms with Crippen LogP contribution < -0.4 is 0 Å². The van der Waals surface area contributed by atoms with E-state index in [-0.39, 0.29) is 11.6 Å². The molecule has 2 rings (SSSR count). The summed E-state index contributed by atoms with van der Waals surface area (Å²) in [6.45, 7) is 3.87. The third-order valence-electron chi connectivity index (χ3n) is 2.41. The van der Waals surface area contributed by atoms with Crippen molar-refractivity contribution in [2.24, 2.45) is 0 Å². The SMILES string of the molecule is Cc1ccc(C)c(C(=O)c2ncccn2)c1. The van der Waals surface area contributed by atoms with Gasteiger partial charge >= 0.3 is 0 Å². The normalized spacial score (nSPS) is 10.1. The summed E-state index contributed by atoms with van der Waals surface area (Å²) >= 11 is 0. The zero-order valence-electron chi connectivity index (χ0n) is 9.27. The summed E-state index contributed by atoms with van der Waals surface area (Å²) in [5, 5.41) is 0. The molecular weight excluding hydrogens is 200 g/mol. The molecule has 0 N–H and O–H groups in total. The van der Waals surface area contributed by atoms with Gasteiger partial charge in [-0.3, -0.25) is 4.79 Å². The molecule has 1 aromatic carbocycles. The third-order valence-corrected chi connectivity index (χ3v) is 2.41. The summed E-state index contributed by atoms with van der Waals surface area (Å²) in [4.78, 5) is 20.0. The summed E-state index contributed by atoms with van der Waals surface area (Å²) in [7, 11) is 0. The van der Waals surface area contributed by atoms with E-state index in [1.165, 1.54) is 0 Å². The highest BCUT2D eigenvalue weighted by Gasteiger charge is 2.13. The van der Waals surface area contributed by atoms with Gasteiger partial charge in [-0.2, -0.15) is 0 Å². The van der Waals surface area contributed by atoms with Gasteiger partial charge in [-0.1, -0.05) is 17.7 Å². The fourth-order valence-electron chi connectivity index (χ4n) is 1.52. The Balaban J connectivity index is 2.46. The van der Waals surface area contributed by atoms with Crippen molar-refractivity contribution in [1.82, 2.24) is 9.97 Å². The van der Waals surface area contributed by atoms with Crippen LogP contribution in [0.15, 0.2) is 36.7 Å². The minimum Gasteiger partial charge on any atom is -0.285 e. The van der Waals surface area contributed by atoms with Crippen LogP contribution in [-0.4, -0.2) is 15.8 Å². The second kappa shape index (κ2) is 4.23. The molecule has 1 aromatic heterocycles. The first-order valence-electron chi connectivity index (χ1n) is 5.07. The van der Waals surface area contributed by atoms with Gasteiger partial charge in [0.1, 0.15) is 0 Å². The van der Waals surface area contributed by atoms with Crippen LogP contribution in [0.3, 0.4) is 0 Å². The molecule has 0 saturated carbocycles. The average Bonchev–Trinajstić information content (AvgIpc) is 2.32. The van der Waals surface area contributed by atoms with Gasteiger partial charge in [0.25, 0.3) is 0 Å². The minimum absolute atomic E-state index is 0.123. The molecule has 0 fully saturated rings. The first-order valence-corrected chi connectivity index (χ1v) is 5.07. The highest BCUT2D eigenvalue weighted by molar-refractivity contribution is 6.07. The first-order chi connectivity index (χ1) is 7.68. The molecule has 3 nitrogen and oxygen atoms in total. The molecule has 80 valence electrons. The quantitative estimate of drug-likeness (QED) is 0.717. The van der Waals surface area contributed by atoms with Crippen molar-refractivity contribution in [2.45, 2.75) is 13.8 Å². The molecule has 0 aliphatic rings. The molecule has 0 aliphatic carbocycles. The lowest BCUT2D eigenvalue weighted by molar-refractivity contribution is 0.102. The third kappa shape index (κ3) is 1.98. The van der Waals surface area contributed by atoms with Crippen LogP contribution in [0.5, 0.6) is 0 Å². The Kier molecular flexibility index (Phi) is 2.77. The maximum absolute atomic E-state index is 12.1. The monoisotopic (exact) mass is 212 g/mol. The van der Waals surface area contributed by atoms with E-state index in [0.717, 1.165) is 11.1 Å². The number of ketones is 1. The van der Waals surface area contributed by atoms with Crippen LogP contribution in [0.1, 0.15) is 27.3 Å². The van der Waals surface area contributed by atoms with Crippen LogP contribution in [0.2, 0.25) is 0 Å². The van der Waals surface area contributed by atoms with E-state index in [1.807, 2.05) is 32.0 Å². The van der Waals surface area contributed by atoms with Gasteiger partial charge in [0, 0.05) is 18.0 Å². The predicted molar refractivity (Wildman–Crippen MR) is 61.4 cm³/mol. The zero-order valence-corrected chi connectivity index (χ0v) is 9.27. The number of hydrogen-bond acceptors (Lipinski definition) is 3. The van der Waals surface area contributed by atoms with Crippen LogP contribution in [0.25, 0.3) is 0 Å². The fourth-order valence-corrected chi connectivity index (χ4v) is 1.52. The largest absolute Gasteiger partial charge is 0.285 e. The highest BCUT2D eigenvalue weighted by Crippen LogP contribution is 2.13. The lowest BCUT2D eigenvalue weighted by Gasteiger charge is -2.04. The van der Waals surface area contributed by atoms with Crippen LogP contribution in [0.4, 0.5) is 0 Å². The van der Waals surface area contributed by atoms with Crippen molar-refractivity contribution >= 4 is 5.78 Å². The van der Waals surface area contributed by atoms with Gasteiger partial charge < -0.3 is 0 Å². The summed E-state index contributed by atoms with van der Waals surface area (Å²) in [6, 6.07) is 7.48. The van der Waals surface area contributed by atoms with Crippen molar-refractivity contribution in [3.8, 4) is 0 Å². The van der Waals surface area contributed by atoms with E-state index in [9.17, 15) is 4.79 Å². The summed E-state index contributed by atoms with van der Waals surface area (Å²) < 4.78 is 0. The number of carbonyl (C=O) groups is 1. The number of carbonyl (C=O) groups excluding carboxylic acids is 1. The Morgan fingerprint density at radius 1 is 1.12 bits per heavy atom. The first kappa shape index (κ1) is 10.5. The van der Waals surface area contributed by atoms with E-state index < -0.39 is 0 Å². The molecule has 1 heterocycles. The Labute approximate surface area is 94.2 Å². The molecule has 0 aliphatic heterocycles. The van der Waals surface area contributed by atoms with E-state index in [0.29, 0.717) is 5.56 Å². The minimum atomic E-state index is -0.123. The number of nitrogens with zero attached hydrogens (tertiary/aromatic N) is 2. The summed E-state index contributed by atoms with van der Waals surface area (Å²) in [5.41, 5.74) is 2.68. The maximum Gasteiger partial charge on any atom is 0.230 e. The Hall–Kier alpha value is -2.03. The second-order valence-corrected chi connectivity index (χ2v) is 3.72. The van der Waals surface area contributed by atoms with E-state index in [4.69, 9.17) is 0 Å². The molecule has 16 heavy (non-hydrogen) atoms. The number of aryl methyl sites for hydroxylation is 2. The smallest absolute Gasteiger partial charge is 0.230 e. The van der Waals surface area contributed by atoms with E-state index >= 15 is 0 Å². The molecule has 0 bridgehead atoms. The van der Waals surface area contributed by atoms with Crippen molar-refractivity contribution in [3.05, 3.63) is 59.2 Å². The molecule has 0 amide bonds. The molecular formula is C13H12N2O. The number of rotatable bonds is 2. The molecule has 2 aromatic rings.